The lowest BCUT2D eigenvalue weighted by Gasteiger charge is -2.18. The lowest BCUT2D eigenvalue weighted by Crippen LogP contribution is -2.30. The fraction of sp³-hybridized carbons (Fsp3) is 0.768. The molecule has 0 aliphatic heterocycles. The van der Waals surface area contributed by atoms with Gasteiger partial charge in [0.15, 0.2) is 6.10 Å². The minimum atomic E-state index is -0.784. The van der Waals surface area contributed by atoms with E-state index in [1.165, 1.54) is 116 Å². The number of hydrogen-bond acceptors (Lipinski definition) is 6. The summed E-state index contributed by atoms with van der Waals surface area (Å²) in [5.41, 5.74) is 0. The number of esters is 3. The summed E-state index contributed by atoms with van der Waals surface area (Å²) in [6.07, 6.45) is 62.0. The number of carbonyl (C=O) groups excluding carboxylic acids is 3. The van der Waals surface area contributed by atoms with E-state index in [0.29, 0.717) is 19.3 Å². The van der Waals surface area contributed by atoms with E-state index in [0.717, 1.165) is 103 Å². The van der Waals surface area contributed by atoms with Gasteiger partial charge in [-0.3, -0.25) is 14.4 Å². The van der Waals surface area contributed by atoms with Crippen LogP contribution in [-0.4, -0.2) is 37.2 Å². The van der Waals surface area contributed by atoms with Crippen molar-refractivity contribution >= 4 is 17.9 Å². The smallest absolute Gasteiger partial charge is 0.306 e. The third-order valence-corrected chi connectivity index (χ3v) is 11.2. The van der Waals surface area contributed by atoms with Gasteiger partial charge in [-0.2, -0.15) is 0 Å². The number of ether oxygens (including phenoxy) is 3. The molecule has 0 bridgehead atoms. The van der Waals surface area contributed by atoms with Crippen molar-refractivity contribution in [1.29, 1.82) is 0 Å². The van der Waals surface area contributed by atoms with Crippen LogP contribution in [0.2, 0.25) is 0 Å². The molecule has 1 unspecified atom stereocenters. The van der Waals surface area contributed by atoms with Crippen molar-refractivity contribution in [1.82, 2.24) is 0 Å². The van der Waals surface area contributed by atoms with Gasteiger partial charge in [0, 0.05) is 19.3 Å². The van der Waals surface area contributed by atoms with E-state index in [4.69, 9.17) is 14.2 Å². The maximum Gasteiger partial charge on any atom is 0.306 e. The summed E-state index contributed by atoms with van der Waals surface area (Å²) in [6, 6.07) is 0. The van der Waals surface area contributed by atoms with Crippen LogP contribution in [0.5, 0.6) is 0 Å². The summed E-state index contributed by atoms with van der Waals surface area (Å²) in [4.78, 5) is 37.9. The lowest BCUT2D eigenvalue weighted by molar-refractivity contribution is -0.167. The normalized spacial score (nSPS) is 12.5. The first-order valence-electron chi connectivity index (χ1n) is 26.3. The van der Waals surface area contributed by atoms with Gasteiger partial charge >= 0.3 is 17.9 Å². The highest BCUT2D eigenvalue weighted by Gasteiger charge is 2.19. The molecule has 1 atom stereocenters. The molecular weight excluding hydrogens is 769 g/mol. The molecule has 358 valence electrons. The molecule has 0 aliphatic carbocycles. The van der Waals surface area contributed by atoms with Gasteiger partial charge < -0.3 is 14.2 Å². The van der Waals surface area contributed by atoms with Gasteiger partial charge in [-0.05, 0) is 89.9 Å². The van der Waals surface area contributed by atoms with Gasteiger partial charge in [-0.25, -0.2) is 0 Å². The van der Waals surface area contributed by atoms with E-state index < -0.39 is 6.10 Å². The second-order valence-corrected chi connectivity index (χ2v) is 17.4. The van der Waals surface area contributed by atoms with E-state index in [1.54, 1.807) is 0 Å². The standard InChI is InChI=1S/C56H98O6/c1-4-7-10-13-16-19-22-24-26-27-28-29-31-32-34-37-40-43-46-49-55(58)61-52-53(51-60-54(57)48-45-42-39-36-21-18-15-12-9-6-3)62-56(59)50-47-44-41-38-35-33-30-25-23-20-17-14-11-8-5-2/h16-17,19-20,24-26,28-30,53H,4-15,18,21-23,27,31-52H2,1-3H3/b19-16-,20-17-,26-24-,29-28-,30-25-. The molecule has 0 fully saturated rings. The Morgan fingerprint density at radius 2 is 0.581 bits per heavy atom. The number of allylic oxidation sites excluding steroid dienone is 10. The SMILES string of the molecule is CCCCC/C=C\C/C=C\C/C=C\CCCCCCCCC(=O)OCC(COC(=O)CCCCCCCCCCCC)OC(=O)CCCCCCC/C=C\C/C=C\CCCCC. The summed E-state index contributed by atoms with van der Waals surface area (Å²) in [5.74, 6) is -0.907. The Balaban J connectivity index is 4.37. The molecule has 0 amide bonds. The molecule has 0 aromatic heterocycles. The van der Waals surface area contributed by atoms with Crippen molar-refractivity contribution in [2.24, 2.45) is 0 Å². The van der Waals surface area contributed by atoms with Gasteiger partial charge in [0.05, 0.1) is 0 Å². The quantitative estimate of drug-likeness (QED) is 0.0262. The summed E-state index contributed by atoms with van der Waals surface area (Å²) >= 11 is 0. The summed E-state index contributed by atoms with van der Waals surface area (Å²) < 4.78 is 16.8. The summed E-state index contributed by atoms with van der Waals surface area (Å²) in [6.45, 7) is 6.56. The van der Waals surface area contributed by atoms with Crippen LogP contribution in [0.4, 0.5) is 0 Å². The van der Waals surface area contributed by atoms with E-state index in [-0.39, 0.29) is 31.1 Å². The van der Waals surface area contributed by atoms with Gasteiger partial charge in [-0.15, -0.1) is 0 Å². The fourth-order valence-electron chi connectivity index (χ4n) is 7.24. The lowest BCUT2D eigenvalue weighted by atomic mass is 10.1. The predicted octanol–water partition coefficient (Wildman–Crippen LogP) is 17.3. The molecule has 0 aromatic carbocycles. The van der Waals surface area contributed by atoms with Crippen molar-refractivity contribution < 1.29 is 28.6 Å². The third kappa shape index (κ3) is 48.1. The number of unbranched alkanes of at least 4 members (excludes halogenated alkanes) is 26. The molecule has 0 rings (SSSR count). The van der Waals surface area contributed by atoms with E-state index in [9.17, 15) is 14.4 Å². The Kier molecular flexibility index (Phi) is 48.4. The molecule has 6 heteroatoms. The summed E-state index contributed by atoms with van der Waals surface area (Å²) in [5, 5.41) is 0. The minimum Gasteiger partial charge on any atom is -0.462 e. The first-order chi connectivity index (χ1) is 30.5. The number of rotatable bonds is 47. The van der Waals surface area contributed by atoms with Crippen LogP contribution in [-0.2, 0) is 28.6 Å². The number of hydrogen-bond donors (Lipinski definition) is 0. The topological polar surface area (TPSA) is 78.9 Å². The molecule has 62 heavy (non-hydrogen) atoms. The van der Waals surface area contributed by atoms with Crippen LogP contribution < -0.4 is 0 Å². The van der Waals surface area contributed by atoms with Crippen molar-refractivity contribution in [3.05, 3.63) is 60.8 Å². The molecule has 0 N–H and O–H groups in total. The third-order valence-electron chi connectivity index (χ3n) is 11.2. The molecule has 0 spiro atoms. The van der Waals surface area contributed by atoms with Crippen molar-refractivity contribution in [3.8, 4) is 0 Å². The van der Waals surface area contributed by atoms with Crippen molar-refractivity contribution in [2.75, 3.05) is 13.2 Å². The van der Waals surface area contributed by atoms with Crippen molar-refractivity contribution in [2.45, 2.75) is 264 Å². The van der Waals surface area contributed by atoms with Crippen LogP contribution in [0.1, 0.15) is 258 Å². The Morgan fingerprint density at radius 1 is 0.323 bits per heavy atom. The van der Waals surface area contributed by atoms with Crippen LogP contribution in [0, 0.1) is 0 Å². The molecular formula is C56H98O6. The van der Waals surface area contributed by atoms with Crippen LogP contribution in [0.25, 0.3) is 0 Å². The van der Waals surface area contributed by atoms with Crippen molar-refractivity contribution in [3.63, 3.8) is 0 Å². The van der Waals surface area contributed by atoms with E-state index in [2.05, 4.69) is 81.5 Å². The Hall–Kier alpha value is -2.89. The molecule has 0 saturated carbocycles. The zero-order valence-corrected chi connectivity index (χ0v) is 40.9. The molecule has 0 aliphatic rings. The Labute approximate surface area is 383 Å². The maximum absolute atomic E-state index is 12.8. The Bertz CT molecular complexity index is 1130. The zero-order valence-electron chi connectivity index (χ0n) is 40.9. The van der Waals surface area contributed by atoms with Gasteiger partial charge in [0.25, 0.3) is 0 Å². The fourth-order valence-corrected chi connectivity index (χ4v) is 7.24. The second kappa shape index (κ2) is 50.8. The molecule has 0 aromatic rings. The zero-order chi connectivity index (χ0) is 45.1. The average molecular weight is 867 g/mol. The maximum atomic E-state index is 12.8. The van der Waals surface area contributed by atoms with Gasteiger partial charge in [-0.1, -0.05) is 210 Å². The molecule has 0 heterocycles. The highest BCUT2D eigenvalue weighted by atomic mass is 16.6. The van der Waals surface area contributed by atoms with Crippen LogP contribution in [0.15, 0.2) is 60.8 Å². The van der Waals surface area contributed by atoms with E-state index >= 15 is 0 Å². The monoisotopic (exact) mass is 867 g/mol. The molecule has 0 radical (unpaired) electrons. The Morgan fingerprint density at radius 3 is 0.935 bits per heavy atom. The van der Waals surface area contributed by atoms with E-state index in [1.807, 2.05) is 0 Å². The highest BCUT2D eigenvalue weighted by molar-refractivity contribution is 5.71. The largest absolute Gasteiger partial charge is 0.462 e. The molecule has 0 saturated heterocycles. The first-order valence-corrected chi connectivity index (χ1v) is 26.3. The van der Waals surface area contributed by atoms with Crippen LogP contribution in [0.3, 0.4) is 0 Å². The minimum absolute atomic E-state index is 0.0828. The molecule has 6 nitrogen and oxygen atoms in total. The van der Waals surface area contributed by atoms with Gasteiger partial charge in [0.1, 0.15) is 13.2 Å². The second-order valence-electron chi connectivity index (χ2n) is 17.4. The number of carbonyl (C=O) groups is 3. The van der Waals surface area contributed by atoms with Gasteiger partial charge in [0.2, 0.25) is 0 Å². The van der Waals surface area contributed by atoms with Crippen LogP contribution >= 0.6 is 0 Å². The average Bonchev–Trinajstić information content (AvgIpc) is 3.27. The summed E-state index contributed by atoms with van der Waals surface area (Å²) in [7, 11) is 0. The predicted molar refractivity (Wildman–Crippen MR) is 265 cm³/mol. The first kappa shape index (κ1) is 59.1. The highest BCUT2D eigenvalue weighted by Crippen LogP contribution is 2.14.